The van der Waals surface area contributed by atoms with E-state index in [1.54, 1.807) is 11.3 Å². The lowest BCUT2D eigenvalue weighted by molar-refractivity contribution is -0.104. The Kier molecular flexibility index (Phi) is 4.21. The molecular weight excluding hydrogens is 244 g/mol. The van der Waals surface area contributed by atoms with Crippen molar-refractivity contribution in [3.63, 3.8) is 0 Å². The second-order valence-corrected chi connectivity index (χ2v) is 6.13. The first-order valence-electron chi connectivity index (χ1n) is 5.47. The van der Waals surface area contributed by atoms with Crippen LogP contribution in [-0.4, -0.2) is 32.8 Å². The van der Waals surface area contributed by atoms with Crippen molar-refractivity contribution in [3.8, 4) is 0 Å². The molecule has 3 nitrogen and oxygen atoms in total. The van der Waals surface area contributed by atoms with Gasteiger partial charge in [-0.3, -0.25) is 0 Å². The van der Waals surface area contributed by atoms with E-state index in [-0.39, 0.29) is 5.41 Å². The molecule has 1 aliphatic heterocycles. The van der Waals surface area contributed by atoms with E-state index < -0.39 is 0 Å². The lowest BCUT2D eigenvalue weighted by atomic mass is 9.86. The van der Waals surface area contributed by atoms with Crippen molar-refractivity contribution in [2.45, 2.75) is 6.42 Å². The Morgan fingerprint density at radius 1 is 1.50 bits per heavy atom. The third kappa shape index (κ3) is 2.96. The predicted octanol–water partition coefficient (Wildman–Crippen LogP) is 1.51. The summed E-state index contributed by atoms with van der Waals surface area (Å²) in [5.41, 5.74) is 5.92. The van der Waals surface area contributed by atoms with Gasteiger partial charge in [0.15, 0.2) is 0 Å². The standard InChI is InChI=1S/C11H17ClN2OS/c12-10-2-1-9(16-10)3-4-14-6-11(5-13)7-15-8-11/h1-2,14H,3-8,13H2. The smallest absolute Gasteiger partial charge is 0.0931 e. The molecule has 1 saturated heterocycles. The number of halogens is 1. The van der Waals surface area contributed by atoms with Gasteiger partial charge in [0.1, 0.15) is 0 Å². The van der Waals surface area contributed by atoms with Crippen LogP contribution in [0.15, 0.2) is 12.1 Å². The molecule has 0 bridgehead atoms. The summed E-state index contributed by atoms with van der Waals surface area (Å²) in [4.78, 5) is 1.32. The molecule has 1 aromatic rings. The van der Waals surface area contributed by atoms with Crippen LogP contribution >= 0.6 is 22.9 Å². The molecule has 0 unspecified atom stereocenters. The number of nitrogens with two attached hydrogens (primary N) is 1. The zero-order valence-electron chi connectivity index (χ0n) is 9.17. The topological polar surface area (TPSA) is 47.3 Å². The van der Waals surface area contributed by atoms with Gasteiger partial charge >= 0.3 is 0 Å². The fraction of sp³-hybridized carbons (Fsp3) is 0.636. The van der Waals surface area contributed by atoms with Crippen molar-refractivity contribution in [1.29, 1.82) is 0 Å². The molecule has 1 aromatic heterocycles. The highest BCUT2D eigenvalue weighted by Gasteiger charge is 2.36. The lowest BCUT2D eigenvalue weighted by Gasteiger charge is -2.40. The van der Waals surface area contributed by atoms with Gasteiger partial charge < -0.3 is 15.8 Å². The summed E-state index contributed by atoms with van der Waals surface area (Å²) in [6.07, 6.45) is 1.03. The average molecular weight is 261 g/mol. The van der Waals surface area contributed by atoms with Gasteiger partial charge in [0.2, 0.25) is 0 Å². The van der Waals surface area contributed by atoms with Gasteiger partial charge in [0, 0.05) is 23.4 Å². The first kappa shape index (κ1) is 12.3. The molecule has 0 spiro atoms. The molecule has 3 N–H and O–H groups in total. The normalized spacial score (nSPS) is 18.4. The zero-order chi connectivity index (χ0) is 11.4. The highest BCUT2D eigenvalue weighted by Crippen LogP contribution is 2.25. The monoisotopic (exact) mass is 260 g/mol. The number of rotatable bonds is 6. The van der Waals surface area contributed by atoms with Crippen LogP contribution in [0.5, 0.6) is 0 Å². The first-order chi connectivity index (χ1) is 7.74. The van der Waals surface area contributed by atoms with Crippen LogP contribution in [-0.2, 0) is 11.2 Å². The Morgan fingerprint density at radius 3 is 2.81 bits per heavy atom. The van der Waals surface area contributed by atoms with Crippen molar-refractivity contribution in [1.82, 2.24) is 5.32 Å². The predicted molar refractivity (Wildman–Crippen MR) is 68.2 cm³/mol. The summed E-state index contributed by atoms with van der Waals surface area (Å²) in [7, 11) is 0. The van der Waals surface area contributed by atoms with E-state index in [4.69, 9.17) is 22.1 Å². The van der Waals surface area contributed by atoms with Crippen molar-refractivity contribution < 1.29 is 4.74 Å². The Morgan fingerprint density at radius 2 is 2.31 bits per heavy atom. The summed E-state index contributed by atoms with van der Waals surface area (Å²) in [5.74, 6) is 0. The van der Waals surface area contributed by atoms with Gasteiger partial charge in [-0.25, -0.2) is 0 Å². The first-order valence-corrected chi connectivity index (χ1v) is 6.66. The van der Waals surface area contributed by atoms with E-state index in [9.17, 15) is 0 Å². The average Bonchev–Trinajstić information content (AvgIpc) is 2.62. The molecule has 1 fully saturated rings. The fourth-order valence-electron chi connectivity index (χ4n) is 1.73. The zero-order valence-corrected chi connectivity index (χ0v) is 10.7. The van der Waals surface area contributed by atoms with E-state index >= 15 is 0 Å². The summed E-state index contributed by atoms with van der Waals surface area (Å²) in [6.45, 7) is 4.20. The largest absolute Gasteiger partial charge is 0.380 e. The summed E-state index contributed by atoms with van der Waals surface area (Å²) < 4.78 is 6.07. The molecule has 2 rings (SSSR count). The Labute approximate surface area is 105 Å². The Balaban J connectivity index is 1.65. The highest BCUT2D eigenvalue weighted by atomic mass is 35.5. The van der Waals surface area contributed by atoms with Crippen LogP contribution in [0, 0.1) is 5.41 Å². The van der Waals surface area contributed by atoms with Gasteiger partial charge in [-0.15, -0.1) is 11.3 Å². The molecule has 0 saturated carbocycles. The van der Waals surface area contributed by atoms with Crippen molar-refractivity contribution >= 4 is 22.9 Å². The van der Waals surface area contributed by atoms with Crippen molar-refractivity contribution in [3.05, 3.63) is 21.3 Å². The maximum Gasteiger partial charge on any atom is 0.0931 e. The Hall–Kier alpha value is -0.130. The van der Waals surface area contributed by atoms with E-state index in [1.807, 2.05) is 6.07 Å². The highest BCUT2D eigenvalue weighted by molar-refractivity contribution is 7.16. The number of hydrogen-bond donors (Lipinski definition) is 2. The summed E-state index contributed by atoms with van der Waals surface area (Å²) >= 11 is 7.51. The molecule has 0 radical (unpaired) electrons. The lowest BCUT2D eigenvalue weighted by Crippen LogP contribution is -2.54. The Bertz CT molecular complexity index is 333. The molecule has 0 aromatic carbocycles. The van der Waals surface area contributed by atoms with Gasteiger partial charge in [0.25, 0.3) is 0 Å². The second-order valence-electron chi connectivity index (χ2n) is 4.33. The molecule has 0 atom stereocenters. The van der Waals surface area contributed by atoms with Crippen LogP contribution in [0.4, 0.5) is 0 Å². The molecule has 90 valence electrons. The SMILES string of the molecule is NCC1(CNCCc2ccc(Cl)s2)COC1. The van der Waals surface area contributed by atoms with Crippen molar-refractivity contribution in [2.75, 3.05) is 32.8 Å². The van der Waals surface area contributed by atoms with Gasteiger partial charge in [-0.05, 0) is 25.1 Å². The van der Waals surface area contributed by atoms with E-state index in [0.717, 1.165) is 37.1 Å². The fourth-order valence-corrected chi connectivity index (χ4v) is 2.82. The maximum absolute atomic E-state index is 5.86. The van der Waals surface area contributed by atoms with Crippen molar-refractivity contribution in [2.24, 2.45) is 11.1 Å². The quantitative estimate of drug-likeness (QED) is 0.763. The molecule has 1 aliphatic rings. The molecular formula is C11H17ClN2OS. The van der Waals surface area contributed by atoms with Gasteiger partial charge in [0.05, 0.1) is 17.6 Å². The minimum atomic E-state index is 0.188. The van der Waals surface area contributed by atoms with E-state index in [1.165, 1.54) is 4.88 Å². The molecule has 5 heteroatoms. The number of nitrogens with one attached hydrogen (secondary N) is 1. The minimum absolute atomic E-state index is 0.188. The third-order valence-corrected chi connectivity index (χ3v) is 4.22. The van der Waals surface area contributed by atoms with Crippen LogP contribution in [0.25, 0.3) is 0 Å². The number of hydrogen-bond acceptors (Lipinski definition) is 4. The van der Waals surface area contributed by atoms with E-state index in [2.05, 4.69) is 11.4 Å². The molecule has 0 aliphatic carbocycles. The summed E-state index contributed by atoms with van der Waals surface area (Å²) in [5, 5.41) is 3.44. The van der Waals surface area contributed by atoms with Crippen LogP contribution in [0.1, 0.15) is 4.88 Å². The maximum atomic E-state index is 5.86. The number of ether oxygens (including phenoxy) is 1. The second kappa shape index (κ2) is 5.47. The number of thiophene rings is 1. The summed E-state index contributed by atoms with van der Waals surface area (Å²) in [6, 6.07) is 4.03. The minimum Gasteiger partial charge on any atom is -0.380 e. The third-order valence-electron chi connectivity index (χ3n) is 2.93. The molecule has 16 heavy (non-hydrogen) atoms. The van der Waals surface area contributed by atoms with Crippen LogP contribution in [0.2, 0.25) is 4.34 Å². The molecule has 0 amide bonds. The van der Waals surface area contributed by atoms with Gasteiger partial charge in [-0.2, -0.15) is 0 Å². The molecule has 2 heterocycles. The van der Waals surface area contributed by atoms with Gasteiger partial charge in [-0.1, -0.05) is 11.6 Å². The van der Waals surface area contributed by atoms with Crippen LogP contribution < -0.4 is 11.1 Å². The van der Waals surface area contributed by atoms with E-state index in [0.29, 0.717) is 6.54 Å². The van der Waals surface area contributed by atoms with Crippen LogP contribution in [0.3, 0.4) is 0 Å².